The second kappa shape index (κ2) is 4.09. The largest absolute Gasteiger partial charge is 0.369 e. The number of halogens is 1. The molecule has 0 spiro atoms. The molecule has 0 atom stereocenters. The van der Waals surface area contributed by atoms with Crippen molar-refractivity contribution in [1.29, 1.82) is 0 Å². The minimum Gasteiger partial charge on any atom is -0.369 e. The second-order valence-electron chi connectivity index (χ2n) is 4.68. The topological polar surface area (TPSA) is 43.8 Å². The zero-order chi connectivity index (χ0) is 13.6. The quantitative estimate of drug-likeness (QED) is 0.724. The molecule has 3 aromatic rings. The van der Waals surface area contributed by atoms with E-state index in [4.69, 9.17) is 5.73 Å². The summed E-state index contributed by atoms with van der Waals surface area (Å²) in [6.45, 7) is 3.92. The molecule has 0 aliphatic carbocycles. The summed E-state index contributed by atoms with van der Waals surface area (Å²) in [4.78, 5) is 4.34. The SMILES string of the molecule is Cc1ccc(F)cc1-n1c(N)nc2cccc(C)c21. The molecule has 0 amide bonds. The van der Waals surface area contributed by atoms with Crippen LogP contribution in [0.3, 0.4) is 0 Å². The molecule has 2 aromatic carbocycles. The number of nitrogen functional groups attached to an aromatic ring is 1. The van der Waals surface area contributed by atoms with Gasteiger partial charge in [0.2, 0.25) is 5.95 Å². The van der Waals surface area contributed by atoms with Gasteiger partial charge in [0.15, 0.2) is 0 Å². The zero-order valence-corrected chi connectivity index (χ0v) is 10.8. The zero-order valence-electron chi connectivity index (χ0n) is 10.8. The highest BCUT2D eigenvalue weighted by molar-refractivity contribution is 5.84. The lowest BCUT2D eigenvalue weighted by Gasteiger charge is -2.11. The molecule has 0 fully saturated rings. The van der Waals surface area contributed by atoms with Crippen LogP contribution in [0.25, 0.3) is 16.7 Å². The van der Waals surface area contributed by atoms with E-state index in [-0.39, 0.29) is 5.82 Å². The molecule has 4 heteroatoms. The van der Waals surface area contributed by atoms with Gasteiger partial charge in [0.25, 0.3) is 0 Å². The number of para-hydroxylation sites is 1. The van der Waals surface area contributed by atoms with Crippen LogP contribution in [-0.4, -0.2) is 9.55 Å². The molecule has 96 valence electrons. The van der Waals surface area contributed by atoms with Crippen LogP contribution in [0.1, 0.15) is 11.1 Å². The molecular weight excluding hydrogens is 241 g/mol. The maximum atomic E-state index is 13.5. The third-order valence-electron chi connectivity index (χ3n) is 3.32. The van der Waals surface area contributed by atoms with Crippen LogP contribution >= 0.6 is 0 Å². The lowest BCUT2D eigenvalue weighted by Crippen LogP contribution is -2.03. The molecule has 1 aromatic heterocycles. The average molecular weight is 255 g/mol. The van der Waals surface area contributed by atoms with Gasteiger partial charge in [-0.2, -0.15) is 0 Å². The number of nitrogens with zero attached hydrogens (tertiary/aromatic N) is 2. The van der Waals surface area contributed by atoms with E-state index in [1.54, 1.807) is 6.07 Å². The third kappa shape index (κ3) is 1.76. The predicted molar refractivity (Wildman–Crippen MR) is 74.9 cm³/mol. The van der Waals surface area contributed by atoms with E-state index in [0.29, 0.717) is 5.95 Å². The Morgan fingerprint density at radius 1 is 1.11 bits per heavy atom. The first kappa shape index (κ1) is 11.7. The van der Waals surface area contributed by atoms with Crippen LogP contribution in [0, 0.1) is 19.7 Å². The number of anilines is 1. The number of imidazole rings is 1. The highest BCUT2D eigenvalue weighted by Gasteiger charge is 2.13. The van der Waals surface area contributed by atoms with Crippen LogP contribution in [-0.2, 0) is 0 Å². The Morgan fingerprint density at radius 3 is 2.68 bits per heavy atom. The van der Waals surface area contributed by atoms with Gasteiger partial charge in [0, 0.05) is 0 Å². The van der Waals surface area contributed by atoms with Gasteiger partial charge in [0.1, 0.15) is 5.82 Å². The van der Waals surface area contributed by atoms with Gasteiger partial charge >= 0.3 is 0 Å². The van der Waals surface area contributed by atoms with Crippen LogP contribution in [0.5, 0.6) is 0 Å². The molecule has 19 heavy (non-hydrogen) atoms. The maximum Gasteiger partial charge on any atom is 0.205 e. The first-order chi connectivity index (χ1) is 9.08. The maximum absolute atomic E-state index is 13.5. The summed E-state index contributed by atoms with van der Waals surface area (Å²) in [7, 11) is 0. The molecule has 2 N–H and O–H groups in total. The van der Waals surface area contributed by atoms with Crippen molar-refractivity contribution >= 4 is 17.0 Å². The Labute approximate surface area is 110 Å². The Morgan fingerprint density at radius 2 is 1.89 bits per heavy atom. The smallest absolute Gasteiger partial charge is 0.205 e. The Balaban J connectivity index is 2.42. The molecule has 3 rings (SSSR count). The van der Waals surface area contributed by atoms with Crippen LogP contribution < -0.4 is 5.73 Å². The lowest BCUT2D eigenvalue weighted by molar-refractivity contribution is 0.626. The van der Waals surface area contributed by atoms with E-state index in [9.17, 15) is 4.39 Å². The predicted octanol–water partition coefficient (Wildman–Crippen LogP) is 3.36. The molecular formula is C15H14FN3. The highest BCUT2D eigenvalue weighted by atomic mass is 19.1. The van der Waals surface area contributed by atoms with Crippen molar-refractivity contribution in [2.45, 2.75) is 13.8 Å². The molecule has 3 nitrogen and oxygen atoms in total. The Bertz CT molecular complexity index is 774. The van der Waals surface area contributed by atoms with E-state index >= 15 is 0 Å². The first-order valence-electron chi connectivity index (χ1n) is 6.08. The number of nitrogens with two attached hydrogens (primary N) is 1. The molecule has 0 radical (unpaired) electrons. The van der Waals surface area contributed by atoms with Crippen LogP contribution in [0.4, 0.5) is 10.3 Å². The molecule has 0 saturated carbocycles. The number of aryl methyl sites for hydroxylation is 2. The van der Waals surface area contributed by atoms with Gasteiger partial charge in [-0.05, 0) is 43.2 Å². The minimum atomic E-state index is -0.282. The second-order valence-corrected chi connectivity index (χ2v) is 4.68. The Kier molecular flexibility index (Phi) is 2.52. The number of aromatic nitrogens is 2. The van der Waals surface area contributed by atoms with Crippen molar-refractivity contribution in [3.63, 3.8) is 0 Å². The number of hydrogen-bond acceptors (Lipinski definition) is 2. The summed E-state index contributed by atoms with van der Waals surface area (Å²) in [6.07, 6.45) is 0. The standard InChI is InChI=1S/C15H14FN3/c1-9-6-7-11(16)8-13(9)19-14-10(2)4-3-5-12(14)18-15(19)17/h3-8H,1-2H3,(H2,17,18). The van der Waals surface area contributed by atoms with Crippen molar-refractivity contribution in [3.05, 3.63) is 53.3 Å². The summed E-state index contributed by atoms with van der Waals surface area (Å²) in [5, 5.41) is 0. The van der Waals surface area contributed by atoms with Gasteiger partial charge < -0.3 is 5.73 Å². The van der Waals surface area contributed by atoms with Gasteiger partial charge in [-0.15, -0.1) is 0 Å². The molecule has 0 aliphatic heterocycles. The van der Waals surface area contributed by atoms with E-state index in [1.165, 1.54) is 12.1 Å². The van der Waals surface area contributed by atoms with E-state index in [0.717, 1.165) is 27.8 Å². The summed E-state index contributed by atoms with van der Waals surface area (Å²) >= 11 is 0. The fraction of sp³-hybridized carbons (Fsp3) is 0.133. The van der Waals surface area contributed by atoms with Gasteiger partial charge in [-0.3, -0.25) is 4.57 Å². The monoisotopic (exact) mass is 255 g/mol. The summed E-state index contributed by atoms with van der Waals surface area (Å²) in [6, 6.07) is 10.5. The molecule has 0 bridgehead atoms. The van der Waals surface area contributed by atoms with E-state index in [1.807, 2.05) is 36.6 Å². The number of benzene rings is 2. The molecule has 0 saturated heterocycles. The molecule has 0 aliphatic rings. The Hall–Kier alpha value is -2.36. The van der Waals surface area contributed by atoms with Crippen LogP contribution in [0.15, 0.2) is 36.4 Å². The van der Waals surface area contributed by atoms with Gasteiger partial charge in [-0.1, -0.05) is 18.2 Å². The van der Waals surface area contributed by atoms with Gasteiger partial charge in [0.05, 0.1) is 16.7 Å². The minimum absolute atomic E-state index is 0.282. The molecule has 1 heterocycles. The molecule has 0 unspecified atom stereocenters. The third-order valence-corrected chi connectivity index (χ3v) is 3.32. The summed E-state index contributed by atoms with van der Waals surface area (Å²) in [5.41, 5.74) is 10.5. The number of hydrogen-bond donors (Lipinski definition) is 1. The summed E-state index contributed by atoms with van der Waals surface area (Å²) in [5.74, 6) is 0.0911. The van der Waals surface area contributed by atoms with Crippen molar-refractivity contribution in [2.75, 3.05) is 5.73 Å². The lowest BCUT2D eigenvalue weighted by atomic mass is 10.1. The number of fused-ring (bicyclic) bond motifs is 1. The van der Waals surface area contributed by atoms with Crippen molar-refractivity contribution in [3.8, 4) is 5.69 Å². The highest BCUT2D eigenvalue weighted by Crippen LogP contribution is 2.27. The van der Waals surface area contributed by atoms with Crippen LogP contribution in [0.2, 0.25) is 0 Å². The van der Waals surface area contributed by atoms with Crippen molar-refractivity contribution in [1.82, 2.24) is 9.55 Å². The van der Waals surface area contributed by atoms with Gasteiger partial charge in [-0.25, -0.2) is 9.37 Å². The summed E-state index contributed by atoms with van der Waals surface area (Å²) < 4.78 is 15.3. The number of rotatable bonds is 1. The fourth-order valence-electron chi connectivity index (χ4n) is 2.38. The van der Waals surface area contributed by atoms with E-state index in [2.05, 4.69) is 4.98 Å². The van der Waals surface area contributed by atoms with Crippen molar-refractivity contribution in [2.24, 2.45) is 0 Å². The normalized spacial score (nSPS) is 11.1. The average Bonchev–Trinajstić information content (AvgIpc) is 2.70. The fourth-order valence-corrected chi connectivity index (χ4v) is 2.38. The van der Waals surface area contributed by atoms with E-state index < -0.39 is 0 Å². The van der Waals surface area contributed by atoms with Crippen molar-refractivity contribution < 1.29 is 4.39 Å². The first-order valence-corrected chi connectivity index (χ1v) is 6.08.